The van der Waals surface area contributed by atoms with E-state index in [1.54, 1.807) is 0 Å². The summed E-state index contributed by atoms with van der Waals surface area (Å²) in [5.74, 6) is 0.802. The SMILES string of the molecule is CCCCC(CC)C[n+]1ccn(-c2ccccc2)c1. The molecule has 0 saturated carbocycles. The number of nitrogens with zero attached hydrogens (tertiary/aromatic N) is 2. The summed E-state index contributed by atoms with van der Waals surface area (Å²) in [6.45, 7) is 5.71. The number of rotatable bonds is 7. The van der Waals surface area contributed by atoms with Crippen molar-refractivity contribution >= 4 is 0 Å². The molecule has 1 atom stereocenters. The Bertz CT molecular complexity index is 473. The van der Waals surface area contributed by atoms with Gasteiger partial charge in [-0.25, -0.2) is 9.13 Å². The van der Waals surface area contributed by atoms with Crippen LogP contribution in [0.15, 0.2) is 49.1 Å². The molecular weight excluding hydrogens is 232 g/mol. The second-order valence-electron chi connectivity index (χ2n) is 5.27. The highest BCUT2D eigenvalue weighted by atomic mass is 15.1. The maximum Gasteiger partial charge on any atom is 0.248 e. The van der Waals surface area contributed by atoms with Crippen molar-refractivity contribution in [2.75, 3.05) is 0 Å². The normalized spacial score (nSPS) is 12.5. The molecule has 0 aliphatic heterocycles. The number of hydrogen-bond donors (Lipinski definition) is 0. The Hall–Kier alpha value is -1.57. The molecule has 19 heavy (non-hydrogen) atoms. The summed E-state index contributed by atoms with van der Waals surface area (Å²) in [7, 11) is 0. The zero-order valence-electron chi connectivity index (χ0n) is 12.1. The highest BCUT2D eigenvalue weighted by molar-refractivity contribution is 5.30. The van der Waals surface area contributed by atoms with Gasteiger partial charge in [0, 0.05) is 0 Å². The van der Waals surface area contributed by atoms with Gasteiger partial charge in [-0.05, 0) is 30.9 Å². The highest BCUT2D eigenvalue weighted by Crippen LogP contribution is 2.13. The third-order valence-electron chi connectivity index (χ3n) is 3.76. The van der Waals surface area contributed by atoms with Gasteiger partial charge in [0.1, 0.15) is 18.1 Å². The first kappa shape index (κ1) is 13.9. The Labute approximate surface area is 116 Å². The number of benzene rings is 1. The molecule has 1 aromatic carbocycles. The van der Waals surface area contributed by atoms with Crippen molar-refractivity contribution in [1.29, 1.82) is 0 Å². The van der Waals surface area contributed by atoms with Crippen LogP contribution in [-0.2, 0) is 6.54 Å². The molecule has 1 unspecified atom stereocenters. The van der Waals surface area contributed by atoms with E-state index < -0.39 is 0 Å². The first-order valence-corrected chi connectivity index (χ1v) is 7.46. The van der Waals surface area contributed by atoms with Gasteiger partial charge in [0.2, 0.25) is 6.33 Å². The summed E-state index contributed by atoms with van der Waals surface area (Å²) < 4.78 is 4.50. The van der Waals surface area contributed by atoms with Gasteiger partial charge in [0.15, 0.2) is 0 Å². The van der Waals surface area contributed by atoms with Crippen LogP contribution in [0.25, 0.3) is 5.69 Å². The van der Waals surface area contributed by atoms with Gasteiger partial charge in [0.05, 0.1) is 6.54 Å². The second kappa shape index (κ2) is 7.13. The van der Waals surface area contributed by atoms with E-state index in [0.717, 1.165) is 12.5 Å². The van der Waals surface area contributed by atoms with Crippen LogP contribution >= 0.6 is 0 Å². The molecule has 0 saturated heterocycles. The third kappa shape index (κ3) is 3.95. The van der Waals surface area contributed by atoms with Crippen molar-refractivity contribution in [3.63, 3.8) is 0 Å². The number of aromatic nitrogens is 2. The summed E-state index contributed by atoms with van der Waals surface area (Å²) in [5.41, 5.74) is 1.22. The van der Waals surface area contributed by atoms with Gasteiger partial charge >= 0.3 is 0 Å². The van der Waals surface area contributed by atoms with Crippen molar-refractivity contribution in [1.82, 2.24) is 4.57 Å². The van der Waals surface area contributed by atoms with E-state index in [1.165, 1.54) is 31.4 Å². The molecule has 2 aromatic rings. The fourth-order valence-electron chi connectivity index (χ4n) is 2.47. The Morgan fingerprint density at radius 3 is 2.63 bits per heavy atom. The van der Waals surface area contributed by atoms with Crippen molar-refractivity contribution < 1.29 is 4.57 Å². The molecule has 102 valence electrons. The van der Waals surface area contributed by atoms with Gasteiger partial charge < -0.3 is 0 Å². The molecule has 0 spiro atoms. The summed E-state index contributed by atoms with van der Waals surface area (Å²) >= 11 is 0. The van der Waals surface area contributed by atoms with Gasteiger partial charge in [-0.2, -0.15) is 0 Å². The first-order chi connectivity index (χ1) is 9.33. The lowest BCUT2D eigenvalue weighted by Gasteiger charge is -2.11. The van der Waals surface area contributed by atoms with E-state index in [9.17, 15) is 0 Å². The van der Waals surface area contributed by atoms with E-state index in [1.807, 2.05) is 0 Å². The Morgan fingerprint density at radius 1 is 1.16 bits per heavy atom. The zero-order chi connectivity index (χ0) is 13.5. The largest absolute Gasteiger partial charge is 0.248 e. The summed E-state index contributed by atoms with van der Waals surface area (Å²) in [5, 5.41) is 0. The molecule has 0 N–H and O–H groups in total. The number of hydrogen-bond acceptors (Lipinski definition) is 0. The number of unbranched alkanes of at least 4 members (excludes halogenated alkanes) is 1. The first-order valence-electron chi connectivity index (χ1n) is 7.46. The molecule has 0 radical (unpaired) electrons. The predicted octanol–water partition coefficient (Wildman–Crippen LogP) is 3.98. The average molecular weight is 257 g/mol. The van der Waals surface area contributed by atoms with E-state index in [-0.39, 0.29) is 0 Å². The molecule has 1 aromatic heterocycles. The number of para-hydroxylation sites is 1. The van der Waals surface area contributed by atoms with Crippen LogP contribution in [0, 0.1) is 5.92 Å². The lowest BCUT2D eigenvalue weighted by Crippen LogP contribution is -2.35. The smallest absolute Gasteiger partial charge is 0.236 e. The van der Waals surface area contributed by atoms with Gasteiger partial charge in [-0.15, -0.1) is 0 Å². The van der Waals surface area contributed by atoms with Crippen LogP contribution in [0.4, 0.5) is 0 Å². The molecule has 2 nitrogen and oxygen atoms in total. The van der Waals surface area contributed by atoms with Crippen LogP contribution in [0.1, 0.15) is 39.5 Å². The van der Waals surface area contributed by atoms with E-state index >= 15 is 0 Å². The van der Waals surface area contributed by atoms with Crippen LogP contribution in [0.3, 0.4) is 0 Å². The third-order valence-corrected chi connectivity index (χ3v) is 3.76. The molecule has 0 aliphatic carbocycles. The standard InChI is InChI=1S/C17H25N2/c1-3-5-9-16(4-2)14-18-12-13-19(15-18)17-10-7-6-8-11-17/h6-8,10-13,15-16H,3-5,9,14H2,1-2H3/q+1. The lowest BCUT2D eigenvalue weighted by molar-refractivity contribution is -0.702. The molecule has 1 heterocycles. The second-order valence-corrected chi connectivity index (χ2v) is 5.27. The summed E-state index contributed by atoms with van der Waals surface area (Å²) in [6, 6.07) is 10.5. The van der Waals surface area contributed by atoms with Crippen molar-refractivity contribution in [2.45, 2.75) is 46.1 Å². The molecule has 0 aliphatic rings. The fraction of sp³-hybridized carbons (Fsp3) is 0.471. The summed E-state index contributed by atoms with van der Waals surface area (Å²) in [4.78, 5) is 0. The molecule has 0 amide bonds. The molecule has 2 rings (SSSR count). The summed E-state index contributed by atoms with van der Waals surface area (Å²) in [6.07, 6.45) is 11.8. The quantitative estimate of drug-likeness (QED) is 0.663. The van der Waals surface area contributed by atoms with E-state index in [2.05, 4.69) is 72.0 Å². The Kier molecular flexibility index (Phi) is 5.20. The Balaban J connectivity index is 2.01. The van der Waals surface area contributed by atoms with Gasteiger partial charge in [0.25, 0.3) is 0 Å². The molecule has 0 bridgehead atoms. The fourth-order valence-corrected chi connectivity index (χ4v) is 2.47. The molecule has 0 fully saturated rings. The van der Waals surface area contributed by atoms with Crippen LogP contribution in [0.2, 0.25) is 0 Å². The van der Waals surface area contributed by atoms with Crippen molar-refractivity contribution in [3.8, 4) is 5.69 Å². The molecule has 2 heteroatoms. The predicted molar refractivity (Wildman–Crippen MR) is 79.3 cm³/mol. The Morgan fingerprint density at radius 2 is 1.95 bits per heavy atom. The monoisotopic (exact) mass is 257 g/mol. The van der Waals surface area contributed by atoms with Crippen molar-refractivity contribution in [3.05, 3.63) is 49.1 Å². The van der Waals surface area contributed by atoms with Crippen LogP contribution in [-0.4, -0.2) is 4.57 Å². The van der Waals surface area contributed by atoms with E-state index in [4.69, 9.17) is 0 Å². The minimum atomic E-state index is 0.802. The minimum Gasteiger partial charge on any atom is -0.236 e. The minimum absolute atomic E-state index is 0.802. The average Bonchev–Trinajstić information content (AvgIpc) is 2.93. The van der Waals surface area contributed by atoms with Gasteiger partial charge in [-0.3, -0.25) is 0 Å². The maximum atomic E-state index is 2.32. The van der Waals surface area contributed by atoms with E-state index in [0.29, 0.717) is 0 Å². The number of imidazole rings is 1. The van der Waals surface area contributed by atoms with Crippen LogP contribution < -0.4 is 4.57 Å². The zero-order valence-corrected chi connectivity index (χ0v) is 12.1. The highest BCUT2D eigenvalue weighted by Gasteiger charge is 2.12. The van der Waals surface area contributed by atoms with Gasteiger partial charge in [-0.1, -0.05) is 44.9 Å². The lowest BCUT2D eigenvalue weighted by atomic mass is 9.99. The maximum absolute atomic E-state index is 2.32. The molecular formula is C17H25N2+. The topological polar surface area (TPSA) is 8.81 Å². The van der Waals surface area contributed by atoms with Crippen LogP contribution in [0.5, 0.6) is 0 Å². The van der Waals surface area contributed by atoms with Crippen molar-refractivity contribution in [2.24, 2.45) is 5.92 Å².